The lowest BCUT2D eigenvalue weighted by Gasteiger charge is -2.34. The van der Waals surface area contributed by atoms with Crippen LogP contribution in [-0.4, -0.2) is 64.0 Å². The van der Waals surface area contributed by atoms with Crippen LogP contribution in [0.1, 0.15) is 17.1 Å². The molecule has 3 aromatic heterocycles. The summed E-state index contributed by atoms with van der Waals surface area (Å²) in [4.78, 5) is 2.18. The van der Waals surface area contributed by atoms with Gasteiger partial charge in [-0.2, -0.15) is 9.40 Å². The lowest BCUT2D eigenvalue weighted by atomic mass is 10.3. The maximum Gasteiger partial charge on any atom is 0.248 e. The minimum Gasteiger partial charge on any atom is -0.360 e. The van der Waals surface area contributed by atoms with E-state index in [1.165, 1.54) is 4.31 Å². The van der Waals surface area contributed by atoms with Crippen LogP contribution in [0.4, 0.5) is 5.82 Å². The van der Waals surface area contributed by atoms with E-state index in [9.17, 15) is 8.42 Å². The quantitative estimate of drug-likeness (QED) is 0.637. The Balaban J connectivity index is 1.45. The molecule has 0 radical (unpaired) electrons. The third-order valence-electron chi connectivity index (χ3n) is 4.72. The van der Waals surface area contributed by atoms with Crippen molar-refractivity contribution in [1.29, 1.82) is 0 Å². The summed E-state index contributed by atoms with van der Waals surface area (Å²) >= 11 is 0. The van der Waals surface area contributed by atoms with Crippen LogP contribution in [0.25, 0.3) is 5.82 Å². The summed E-state index contributed by atoms with van der Waals surface area (Å²) in [7, 11) is -3.62. The second-order valence-electron chi connectivity index (χ2n) is 6.70. The molecule has 0 saturated carbocycles. The SMILES string of the molecule is Cc1ccn(-c2ccc(N3CCN(S(=O)(=O)c4c(C)noc4C)CC3)nn2)n1. The van der Waals surface area contributed by atoms with Crippen LogP contribution < -0.4 is 4.90 Å². The van der Waals surface area contributed by atoms with Crippen LogP contribution in [-0.2, 0) is 10.0 Å². The minimum atomic E-state index is -3.62. The molecule has 0 aliphatic carbocycles. The van der Waals surface area contributed by atoms with Crippen molar-refractivity contribution in [3.8, 4) is 5.82 Å². The molecule has 0 amide bonds. The van der Waals surface area contributed by atoms with Gasteiger partial charge in [0.15, 0.2) is 17.4 Å². The predicted molar refractivity (Wildman–Crippen MR) is 101 cm³/mol. The Morgan fingerprint density at radius 3 is 2.18 bits per heavy atom. The van der Waals surface area contributed by atoms with Gasteiger partial charge in [-0.05, 0) is 39.0 Å². The number of nitrogens with zero attached hydrogens (tertiary/aromatic N) is 7. The minimum absolute atomic E-state index is 0.166. The summed E-state index contributed by atoms with van der Waals surface area (Å²) in [6, 6.07) is 5.62. The monoisotopic (exact) mass is 403 g/mol. The van der Waals surface area contributed by atoms with Crippen molar-refractivity contribution in [3.63, 3.8) is 0 Å². The van der Waals surface area contributed by atoms with E-state index in [0.717, 1.165) is 5.69 Å². The number of aryl methyl sites for hydroxylation is 3. The molecule has 11 heteroatoms. The van der Waals surface area contributed by atoms with Gasteiger partial charge in [0.25, 0.3) is 0 Å². The molecular weight excluding hydrogens is 382 g/mol. The summed E-state index contributed by atoms with van der Waals surface area (Å²) in [6.45, 7) is 6.92. The second kappa shape index (κ2) is 6.99. The lowest BCUT2D eigenvalue weighted by Crippen LogP contribution is -2.49. The van der Waals surface area contributed by atoms with Gasteiger partial charge in [-0.1, -0.05) is 5.16 Å². The molecule has 1 aliphatic heterocycles. The van der Waals surface area contributed by atoms with Gasteiger partial charge in [-0.3, -0.25) is 0 Å². The number of piperazine rings is 1. The predicted octanol–water partition coefficient (Wildman–Crippen LogP) is 1.09. The molecule has 0 aromatic carbocycles. The zero-order chi connectivity index (χ0) is 19.9. The average molecular weight is 403 g/mol. The van der Waals surface area contributed by atoms with E-state index in [1.807, 2.05) is 36.2 Å². The largest absolute Gasteiger partial charge is 0.360 e. The van der Waals surface area contributed by atoms with Gasteiger partial charge in [0, 0.05) is 32.4 Å². The molecular formula is C17H21N7O3S. The second-order valence-corrected chi connectivity index (χ2v) is 8.57. The number of hydrogen-bond acceptors (Lipinski definition) is 8. The fourth-order valence-electron chi connectivity index (χ4n) is 3.28. The lowest BCUT2D eigenvalue weighted by molar-refractivity contribution is 0.377. The Morgan fingerprint density at radius 1 is 0.964 bits per heavy atom. The molecule has 1 aliphatic rings. The first-order valence-corrected chi connectivity index (χ1v) is 10.3. The molecule has 1 fully saturated rings. The van der Waals surface area contributed by atoms with Crippen molar-refractivity contribution >= 4 is 15.8 Å². The van der Waals surface area contributed by atoms with Gasteiger partial charge >= 0.3 is 0 Å². The van der Waals surface area contributed by atoms with Gasteiger partial charge < -0.3 is 9.42 Å². The molecule has 0 spiro atoms. The maximum absolute atomic E-state index is 12.9. The van der Waals surface area contributed by atoms with E-state index >= 15 is 0 Å². The van der Waals surface area contributed by atoms with E-state index in [-0.39, 0.29) is 4.90 Å². The molecule has 0 atom stereocenters. The zero-order valence-corrected chi connectivity index (χ0v) is 16.7. The smallest absolute Gasteiger partial charge is 0.248 e. The van der Waals surface area contributed by atoms with Crippen LogP contribution in [0.3, 0.4) is 0 Å². The molecule has 4 rings (SSSR count). The molecule has 0 bridgehead atoms. The molecule has 28 heavy (non-hydrogen) atoms. The first-order chi connectivity index (χ1) is 13.4. The zero-order valence-electron chi connectivity index (χ0n) is 15.9. The number of rotatable bonds is 4. The molecule has 0 N–H and O–H groups in total. The molecule has 4 heterocycles. The van der Waals surface area contributed by atoms with Crippen LogP contribution in [0.5, 0.6) is 0 Å². The highest BCUT2D eigenvalue weighted by atomic mass is 32.2. The van der Waals surface area contributed by atoms with Crippen molar-refractivity contribution in [1.82, 2.24) is 29.4 Å². The number of hydrogen-bond donors (Lipinski definition) is 0. The highest BCUT2D eigenvalue weighted by molar-refractivity contribution is 7.89. The average Bonchev–Trinajstić information content (AvgIpc) is 3.27. The van der Waals surface area contributed by atoms with E-state index < -0.39 is 10.0 Å². The van der Waals surface area contributed by atoms with Gasteiger partial charge in [0.2, 0.25) is 10.0 Å². The van der Waals surface area contributed by atoms with Gasteiger partial charge in [0.1, 0.15) is 10.6 Å². The first-order valence-electron chi connectivity index (χ1n) is 8.90. The third-order valence-corrected chi connectivity index (χ3v) is 6.87. The van der Waals surface area contributed by atoms with Crippen molar-refractivity contribution < 1.29 is 12.9 Å². The van der Waals surface area contributed by atoms with Crippen molar-refractivity contribution in [2.24, 2.45) is 0 Å². The standard InChI is InChI=1S/C17H21N7O3S/c1-12-6-7-24(20-12)16-5-4-15(18-19-16)22-8-10-23(11-9-22)28(25,26)17-13(2)21-27-14(17)3/h4-7H,8-11H2,1-3H3. The Hall–Kier alpha value is -2.79. The topological polar surface area (TPSA) is 110 Å². The maximum atomic E-state index is 12.9. The first kappa shape index (κ1) is 18.6. The Kier molecular flexibility index (Phi) is 4.63. The van der Waals surface area contributed by atoms with Crippen molar-refractivity contribution in [2.75, 3.05) is 31.1 Å². The van der Waals surface area contributed by atoms with Gasteiger partial charge in [-0.15, -0.1) is 10.2 Å². The number of anilines is 1. The normalized spacial score (nSPS) is 15.9. The summed E-state index contributed by atoms with van der Waals surface area (Å²) < 4.78 is 34.0. The van der Waals surface area contributed by atoms with Crippen molar-refractivity contribution in [2.45, 2.75) is 25.7 Å². The van der Waals surface area contributed by atoms with E-state index in [2.05, 4.69) is 20.5 Å². The van der Waals surface area contributed by atoms with E-state index in [1.54, 1.807) is 18.5 Å². The van der Waals surface area contributed by atoms with Crippen LogP contribution in [0.15, 0.2) is 33.8 Å². The molecule has 0 unspecified atom stereocenters. The van der Waals surface area contributed by atoms with Gasteiger partial charge in [0.05, 0.1) is 5.69 Å². The molecule has 10 nitrogen and oxygen atoms in total. The number of aromatic nitrogens is 5. The Labute approximate surface area is 162 Å². The van der Waals surface area contributed by atoms with Crippen LogP contribution in [0, 0.1) is 20.8 Å². The molecule has 3 aromatic rings. The highest BCUT2D eigenvalue weighted by Crippen LogP contribution is 2.25. The summed E-state index contributed by atoms with van der Waals surface area (Å²) in [5.41, 5.74) is 1.29. The fourth-order valence-corrected chi connectivity index (χ4v) is 4.99. The summed E-state index contributed by atoms with van der Waals surface area (Å²) in [6.07, 6.45) is 1.83. The van der Waals surface area contributed by atoms with Crippen molar-refractivity contribution in [3.05, 3.63) is 41.5 Å². The van der Waals surface area contributed by atoms with Gasteiger partial charge in [-0.25, -0.2) is 13.1 Å². The van der Waals surface area contributed by atoms with Crippen LogP contribution in [0.2, 0.25) is 0 Å². The number of sulfonamides is 1. The third kappa shape index (κ3) is 3.27. The fraction of sp³-hybridized carbons (Fsp3) is 0.412. The van der Waals surface area contributed by atoms with Crippen LogP contribution >= 0.6 is 0 Å². The Morgan fingerprint density at radius 2 is 1.64 bits per heavy atom. The Bertz CT molecular complexity index is 1060. The van der Waals surface area contributed by atoms with E-state index in [0.29, 0.717) is 49.3 Å². The molecule has 1 saturated heterocycles. The summed E-state index contributed by atoms with van der Waals surface area (Å²) in [5.74, 6) is 1.66. The summed E-state index contributed by atoms with van der Waals surface area (Å²) in [5, 5.41) is 16.6. The molecule has 148 valence electrons. The highest BCUT2D eigenvalue weighted by Gasteiger charge is 2.33. The van der Waals surface area contributed by atoms with E-state index in [4.69, 9.17) is 4.52 Å².